The molecule has 0 aromatic heterocycles. The molecule has 3 rings (SSSR count). The van der Waals surface area contributed by atoms with E-state index in [0.717, 1.165) is 22.6 Å². The van der Waals surface area contributed by atoms with E-state index in [1.54, 1.807) is 7.11 Å². The molecule has 3 N–H and O–H groups in total. The summed E-state index contributed by atoms with van der Waals surface area (Å²) in [5.41, 5.74) is 8.42. The van der Waals surface area contributed by atoms with Gasteiger partial charge in [0, 0.05) is 12.6 Å². The minimum Gasteiger partial charge on any atom is -0.497 e. The molecule has 6 nitrogen and oxygen atoms in total. The lowest BCUT2D eigenvalue weighted by Gasteiger charge is -2.12. The number of carbonyl (C=O) groups is 1. The van der Waals surface area contributed by atoms with E-state index in [-0.39, 0.29) is 18.0 Å². The first-order valence-corrected chi connectivity index (χ1v) is 8.84. The van der Waals surface area contributed by atoms with Gasteiger partial charge in [-0.3, -0.25) is 4.79 Å². The van der Waals surface area contributed by atoms with Crippen molar-refractivity contribution >= 4 is 5.91 Å². The molecule has 2 aromatic rings. The molecule has 1 amide bonds. The van der Waals surface area contributed by atoms with Crippen molar-refractivity contribution in [2.24, 2.45) is 0 Å². The number of rotatable bonds is 7. The Morgan fingerprint density at radius 1 is 1.15 bits per heavy atom. The van der Waals surface area contributed by atoms with Crippen LogP contribution >= 0.6 is 0 Å². The lowest BCUT2D eigenvalue weighted by molar-refractivity contribution is -0.123. The Labute approximate surface area is 153 Å². The maximum absolute atomic E-state index is 12.4. The zero-order valence-corrected chi connectivity index (χ0v) is 15.1. The van der Waals surface area contributed by atoms with Gasteiger partial charge in [-0.25, -0.2) is 10.9 Å². The Morgan fingerprint density at radius 3 is 2.69 bits per heavy atom. The molecule has 0 aliphatic carbocycles. The number of hydrogen-bond acceptors (Lipinski definition) is 5. The van der Waals surface area contributed by atoms with Crippen molar-refractivity contribution in [1.82, 2.24) is 16.2 Å². The van der Waals surface area contributed by atoms with Gasteiger partial charge in [-0.2, -0.15) is 0 Å². The molecule has 2 aromatic carbocycles. The maximum atomic E-state index is 12.4. The van der Waals surface area contributed by atoms with Crippen LogP contribution in [-0.2, 0) is 11.3 Å². The van der Waals surface area contributed by atoms with Crippen molar-refractivity contribution < 1.29 is 14.3 Å². The summed E-state index contributed by atoms with van der Waals surface area (Å²) in [4.78, 5) is 12.4. The number of nitrogens with one attached hydrogen (secondary N) is 3. The molecule has 2 unspecified atom stereocenters. The summed E-state index contributed by atoms with van der Waals surface area (Å²) in [7, 11) is 1.65. The van der Waals surface area contributed by atoms with Crippen molar-refractivity contribution in [1.29, 1.82) is 0 Å². The zero-order valence-electron chi connectivity index (χ0n) is 15.1. The molecular formula is C20H25N3O3. The molecule has 0 spiro atoms. The smallest absolute Gasteiger partial charge is 0.238 e. The van der Waals surface area contributed by atoms with Gasteiger partial charge in [-0.1, -0.05) is 24.3 Å². The lowest BCUT2D eigenvalue weighted by Crippen LogP contribution is -2.42. The average Bonchev–Trinajstić information content (AvgIpc) is 3.17. The van der Waals surface area contributed by atoms with Crippen molar-refractivity contribution in [3.63, 3.8) is 0 Å². The summed E-state index contributed by atoms with van der Waals surface area (Å²) in [6.45, 7) is 3.05. The number of benzene rings is 2. The number of amides is 1. The molecule has 26 heavy (non-hydrogen) atoms. The molecule has 1 aliphatic rings. The SMILES string of the molecule is CCOc1cccc(CNC(=O)C2CC(c3ccc(OC)cc3)NN2)c1. The monoisotopic (exact) mass is 355 g/mol. The largest absolute Gasteiger partial charge is 0.497 e. The summed E-state index contributed by atoms with van der Waals surface area (Å²) in [6, 6.07) is 15.5. The summed E-state index contributed by atoms with van der Waals surface area (Å²) >= 11 is 0. The van der Waals surface area contributed by atoms with Crippen LogP contribution in [0.2, 0.25) is 0 Å². The number of carbonyl (C=O) groups excluding carboxylic acids is 1. The summed E-state index contributed by atoms with van der Waals surface area (Å²) in [5.74, 6) is 1.62. The molecule has 0 radical (unpaired) electrons. The Balaban J connectivity index is 1.52. The van der Waals surface area contributed by atoms with Crippen LogP contribution < -0.4 is 25.6 Å². The third kappa shape index (κ3) is 4.53. The molecule has 1 aliphatic heterocycles. The number of hydrazine groups is 1. The first-order chi connectivity index (χ1) is 12.7. The van der Waals surface area contributed by atoms with Crippen LogP contribution in [0.4, 0.5) is 0 Å². The van der Waals surface area contributed by atoms with Crippen LogP contribution in [0.5, 0.6) is 11.5 Å². The topological polar surface area (TPSA) is 71.6 Å². The van der Waals surface area contributed by atoms with Crippen molar-refractivity contribution in [3.05, 3.63) is 59.7 Å². The van der Waals surface area contributed by atoms with Crippen LogP contribution in [-0.4, -0.2) is 25.7 Å². The zero-order chi connectivity index (χ0) is 18.4. The van der Waals surface area contributed by atoms with Crippen molar-refractivity contribution in [2.45, 2.75) is 32.0 Å². The quantitative estimate of drug-likeness (QED) is 0.711. The molecule has 0 bridgehead atoms. The Hall–Kier alpha value is -2.57. The van der Waals surface area contributed by atoms with Gasteiger partial charge >= 0.3 is 0 Å². The maximum Gasteiger partial charge on any atom is 0.238 e. The van der Waals surface area contributed by atoms with Crippen molar-refractivity contribution in [3.8, 4) is 11.5 Å². The van der Waals surface area contributed by atoms with E-state index in [4.69, 9.17) is 9.47 Å². The van der Waals surface area contributed by atoms with E-state index in [9.17, 15) is 4.79 Å². The summed E-state index contributed by atoms with van der Waals surface area (Å²) in [6.07, 6.45) is 0.692. The molecule has 0 saturated carbocycles. The fraction of sp³-hybridized carbons (Fsp3) is 0.350. The fourth-order valence-corrected chi connectivity index (χ4v) is 3.01. The van der Waals surface area contributed by atoms with E-state index in [0.29, 0.717) is 19.6 Å². The highest BCUT2D eigenvalue weighted by Gasteiger charge is 2.29. The summed E-state index contributed by atoms with van der Waals surface area (Å²) in [5, 5.41) is 2.98. The van der Waals surface area contributed by atoms with Gasteiger partial charge in [0.2, 0.25) is 5.91 Å². The number of hydrogen-bond donors (Lipinski definition) is 3. The first-order valence-electron chi connectivity index (χ1n) is 8.84. The van der Waals surface area contributed by atoms with Crippen molar-refractivity contribution in [2.75, 3.05) is 13.7 Å². The van der Waals surface area contributed by atoms with E-state index in [1.165, 1.54) is 0 Å². The molecule has 138 valence electrons. The van der Waals surface area contributed by atoms with Gasteiger partial charge in [0.1, 0.15) is 17.5 Å². The third-order valence-corrected chi connectivity index (χ3v) is 4.41. The molecule has 1 heterocycles. The highest BCUT2D eigenvalue weighted by Crippen LogP contribution is 2.24. The van der Waals surface area contributed by atoms with Gasteiger partial charge in [0.15, 0.2) is 0 Å². The molecule has 1 fully saturated rings. The normalized spacial score (nSPS) is 19.2. The Morgan fingerprint density at radius 2 is 1.96 bits per heavy atom. The van der Waals surface area contributed by atoms with Crippen LogP contribution in [0.1, 0.15) is 30.5 Å². The minimum absolute atomic E-state index is 0.0182. The third-order valence-electron chi connectivity index (χ3n) is 4.41. The average molecular weight is 355 g/mol. The molecule has 6 heteroatoms. The predicted octanol–water partition coefficient (Wildman–Crippen LogP) is 2.32. The van der Waals surface area contributed by atoms with Crippen LogP contribution in [0, 0.1) is 0 Å². The fourth-order valence-electron chi connectivity index (χ4n) is 3.01. The van der Waals surface area contributed by atoms with E-state index in [2.05, 4.69) is 16.2 Å². The number of ether oxygens (including phenoxy) is 2. The van der Waals surface area contributed by atoms with Crippen LogP contribution in [0.15, 0.2) is 48.5 Å². The second-order valence-electron chi connectivity index (χ2n) is 6.20. The van der Waals surface area contributed by atoms with Gasteiger partial charge in [-0.15, -0.1) is 0 Å². The van der Waals surface area contributed by atoms with E-state index >= 15 is 0 Å². The van der Waals surface area contributed by atoms with Gasteiger partial charge in [0.05, 0.1) is 13.7 Å². The Bertz CT molecular complexity index is 733. The standard InChI is InChI=1S/C20H25N3O3/c1-3-26-17-6-4-5-14(11-17)13-21-20(24)19-12-18(22-23-19)15-7-9-16(25-2)10-8-15/h4-11,18-19,22-23H,3,12-13H2,1-2H3,(H,21,24). The van der Waals surface area contributed by atoms with Gasteiger partial charge in [-0.05, 0) is 48.7 Å². The first kappa shape index (κ1) is 18.2. The van der Waals surface area contributed by atoms with Crippen LogP contribution in [0.25, 0.3) is 0 Å². The highest BCUT2D eigenvalue weighted by molar-refractivity contribution is 5.82. The molecule has 1 saturated heterocycles. The molecular weight excluding hydrogens is 330 g/mol. The second-order valence-corrected chi connectivity index (χ2v) is 6.20. The lowest BCUT2D eigenvalue weighted by atomic mass is 10.0. The number of methoxy groups -OCH3 is 1. The van der Waals surface area contributed by atoms with E-state index in [1.807, 2.05) is 55.5 Å². The summed E-state index contributed by atoms with van der Waals surface area (Å²) < 4.78 is 10.7. The molecule has 2 atom stereocenters. The predicted molar refractivity (Wildman–Crippen MR) is 99.9 cm³/mol. The van der Waals surface area contributed by atoms with Crippen LogP contribution in [0.3, 0.4) is 0 Å². The highest BCUT2D eigenvalue weighted by atomic mass is 16.5. The minimum atomic E-state index is -0.267. The van der Waals surface area contributed by atoms with Gasteiger partial charge < -0.3 is 14.8 Å². The Kier molecular flexibility index (Phi) is 6.09. The second kappa shape index (κ2) is 8.69. The van der Waals surface area contributed by atoms with Gasteiger partial charge in [0.25, 0.3) is 0 Å². The van der Waals surface area contributed by atoms with E-state index < -0.39 is 0 Å².